The highest BCUT2D eigenvalue weighted by Crippen LogP contribution is 2.31. The number of amidine groups is 1. The molecule has 4 rings (SSSR count). The Balaban J connectivity index is 1.60. The van der Waals surface area contributed by atoms with E-state index in [1.165, 1.54) is 6.07 Å². The predicted molar refractivity (Wildman–Crippen MR) is 78.9 cm³/mol. The topological polar surface area (TPSA) is 59.0 Å². The molecule has 0 bridgehead atoms. The van der Waals surface area contributed by atoms with E-state index in [2.05, 4.69) is 21.9 Å². The summed E-state index contributed by atoms with van der Waals surface area (Å²) in [5.74, 6) is -0.183. The van der Waals surface area contributed by atoms with Crippen LogP contribution in [0.2, 0.25) is 0 Å². The molecule has 0 aliphatic carbocycles. The number of nitrogens with one attached hydrogen (secondary N) is 2. The van der Waals surface area contributed by atoms with E-state index >= 15 is 0 Å². The van der Waals surface area contributed by atoms with Crippen molar-refractivity contribution >= 4 is 16.9 Å². The third-order valence-corrected chi connectivity index (χ3v) is 4.76. The van der Waals surface area contributed by atoms with E-state index in [4.69, 9.17) is 5.41 Å². The number of H-pyrrole nitrogens is 1. The molecule has 2 aliphatic heterocycles. The van der Waals surface area contributed by atoms with Gasteiger partial charge in [0.15, 0.2) is 23.3 Å². The second-order valence-electron chi connectivity index (χ2n) is 6.34. The average molecular weight is 305 g/mol. The van der Waals surface area contributed by atoms with E-state index in [0.29, 0.717) is 23.2 Å². The normalized spacial score (nSPS) is 25.1. The van der Waals surface area contributed by atoms with Crippen molar-refractivity contribution in [1.82, 2.24) is 19.8 Å². The summed E-state index contributed by atoms with van der Waals surface area (Å²) >= 11 is 0. The first kappa shape index (κ1) is 13.6. The van der Waals surface area contributed by atoms with Gasteiger partial charge in [0, 0.05) is 26.2 Å². The fourth-order valence-corrected chi connectivity index (χ4v) is 3.69. The van der Waals surface area contributed by atoms with Crippen LogP contribution in [0.25, 0.3) is 11.0 Å². The number of hydrogen-bond acceptors (Lipinski definition) is 3. The molecule has 1 aromatic heterocycles. The molecule has 22 heavy (non-hydrogen) atoms. The maximum absolute atomic E-state index is 13.7. The van der Waals surface area contributed by atoms with Crippen LogP contribution in [-0.2, 0) is 0 Å². The maximum Gasteiger partial charge on any atom is 0.186 e. The number of aromatic amines is 1. The summed E-state index contributed by atoms with van der Waals surface area (Å²) in [6.45, 7) is 3.74. The highest BCUT2D eigenvalue weighted by Gasteiger charge is 2.40. The van der Waals surface area contributed by atoms with E-state index < -0.39 is 11.6 Å². The molecule has 2 N–H and O–H groups in total. The van der Waals surface area contributed by atoms with E-state index in [-0.39, 0.29) is 11.4 Å². The summed E-state index contributed by atoms with van der Waals surface area (Å²) < 4.78 is 27.0. The van der Waals surface area contributed by atoms with Gasteiger partial charge in [-0.3, -0.25) is 5.41 Å². The minimum atomic E-state index is -0.965. The maximum atomic E-state index is 13.7. The number of likely N-dealkylation sites (tertiary alicyclic amines) is 2. The van der Waals surface area contributed by atoms with Crippen LogP contribution in [0, 0.1) is 28.9 Å². The molecule has 2 aliphatic rings. The highest BCUT2D eigenvalue weighted by molar-refractivity contribution is 5.96. The Bertz CT molecular complexity index is 742. The van der Waals surface area contributed by atoms with Crippen LogP contribution in [0.5, 0.6) is 0 Å². The van der Waals surface area contributed by atoms with Gasteiger partial charge < -0.3 is 14.8 Å². The zero-order valence-corrected chi connectivity index (χ0v) is 12.2. The number of aromatic nitrogens is 2. The molecule has 0 amide bonds. The van der Waals surface area contributed by atoms with Gasteiger partial charge in [-0.05, 0) is 31.0 Å². The van der Waals surface area contributed by atoms with E-state index in [1.54, 1.807) is 0 Å². The number of fused-ring (bicyclic) bond motifs is 2. The molecule has 0 spiro atoms. The van der Waals surface area contributed by atoms with Crippen LogP contribution in [0.1, 0.15) is 5.82 Å². The fourth-order valence-electron chi connectivity index (χ4n) is 3.69. The molecule has 1 aromatic carbocycles. The van der Waals surface area contributed by atoms with Crippen molar-refractivity contribution < 1.29 is 8.78 Å². The number of rotatable bonds is 1. The van der Waals surface area contributed by atoms with Gasteiger partial charge in [0.05, 0.1) is 5.52 Å². The van der Waals surface area contributed by atoms with Gasteiger partial charge >= 0.3 is 0 Å². The Kier molecular flexibility index (Phi) is 2.94. The third kappa shape index (κ3) is 1.99. The lowest BCUT2D eigenvalue weighted by atomic mass is 10.0. The Morgan fingerprint density at radius 3 is 2.59 bits per heavy atom. The van der Waals surface area contributed by atoms with Gasteiger partial charge in [0.1, 0.15) is 5.52 Å². The monoisotopic (exact) mass is 305 g/mol. The minimum absolute atomic E-state index is 0.0427. The van der Waals surface area contributed by atoms with E-state index in [9.17, 15) is 8.78 Å². The standard InChI is InChI=1S/C15H17F2N5/c1-21-4-8-6-22(7-9(8)5-21)14(18)15-19-11-3-2-10(16)12(17)13(11)20-15/h2-3,8-9,18H,4-7H2,1H3,(H,19,20). The van der Waals surface area contributed by atoms with Gasteiger partial charge in [-0.15, -0.1) is 0 Å². The van der Waals surface area contributed by atoms with Crippen LogP contribution in [0.15, 0.2) is 12.1 Å². The largest absolute Gasteiger partial charge is 0.353 e. The van der Waals surface area contributed by atoms with Crippen LogP contribution in [-0.4, -0.2) is 58.8 Å². The van der Waals surface area contributed by atoms with Gasteiger partial charge in [-0.25, -0.2) is 13.8 Å². The Morgan fingerprint density at radius 2 is 1.91 bits per heavy atom. The van der Waals surface area contributed by atoms with Crippen LogP contribution < -0.4 is 0 Å². The number of nitrogens with zero attached hydrogens (tertiary/aromatic N) is 3. The van der Waals surface area contributed by atoms with Gasteiger partial charge in [0.2, 0.25) is 0 Å². The molecule has 2 unspecified atom stereocenters. The fraction of sp³-hybridized carbons (Fsp3) is 0.467. The molecular formula is C15H17F2N5. The number of halogens is 2. The molecular weight excluding hydrogens is 288 g/mol. The molecule has 7 heteroatoms. The molecule has 2 atom stereocenters. The van der Waals surface area contributed by atoms with Gasteiger partial charge in [-0.1, -0.05) is 0 Å². The van der Waals surface area contributed by atoms with Crippen molar-refractivity contribution in [2.24, 2.45) is 11.8 Å². The van der Waals surface area contributed by atoms with Crippen LogP contribution in [0.4, 0.5) is 8.78 Å². The molecule has 2 saturated heterocycles. The lowest BCUT2D eigenvalue weighted by Gasteiger charge is -2.20. The molecule has 2 fully saturated rings. The zero-order chi connectivity index (χ0) is 15.4. The minimum Gasteiger partial charge on any atom is -0.353 e. The number of hydrogen-bond donors (Lipinski definition) is 2. The summed E-state index contributed by atoms with van der Waals surface area (Å²) in [7, 11) is 2.12. The van der Waals surface area contributed by atoms with Gasteiger partial charge in [0.25, 0.3) is 0 Å². The molecule has 116 valence electrons. The SMILES string of the molecule is CN1CC2CN(C(=N)c3nc4c(F)c(F)ccc4[nH]3)CC2C1. The lowest BCUT2D eigenvalue weighted by Crippen LogP contribution is -2.33. The number of imidazole rings is 1. The van der Waals surface area contributed by atoms with Crippen LogP contribution >= 0.6 is 0 Å². The van der Waals surface area contributed by atoms with Gasteiger partial charge in [-0.2, -0.15) is 0 Å². The number of benzene rings is 1. The average Bonchev–Trinajstić information content (AvgIpc) is 3.14. The molecule has 2 aromatic rings. The van der Waals surface area contributed by atoms with Crippen molar-refractivity contribution in [3.63, 3.8) is 0 Å². The van der Waals surface area contributed by atoms with Crippen molar-refractivity contribution in [2.75, 3.05) is 33.2 Å². The second kappa shape index (κ2) is 4.74. The first-order valence-corrected chi connectivity index (χ1v) is 7.39. The van der Waals surface area contributed by atoms with E-state index in [0.717, 1.165) is 32.2 Å². The Morgan fingerprint density at radius 1 is 1.23 bits per heavy atom. The summed E-state index contributed by atoms with van der Waals surface area (Å²) in [5, 5.41) is 8.32. The molecule has 5 nitrogen and oxygen atoms in total. The summed E-state index contributed by atoms with van der Waals surface area (Å²) in [6, 6.07) is 2.52. The Labute approximate surface area is 126 Å². The first-order chi connectivity index (χ1) is 10.5. The quantitative estimate of drug-likeness (QED) is 0.622. The second-order valence-corrected chi connectivity index (χ2v) is 6.34. The predicted octanol–water partition coefficient (Wildman–Crippen LogP) is 1.66. The van der Waals surface area contributed by atoms with Crippen molar-refractivity contribution in [3.8, 4) is 0 Å². The molecule has 3 heterocycles. The summed E-state index contributed by atoms with van der Waals surface area (Å²) in [5.41, 5.74) is 0.372. The molecule has 0 saturated carbocycles. The lowest BCUT2D eigenvalue weighted by molar-refractivity contribution is 0.347. The highest BCUT2D eigenvalue weighted by atomic mass is 19.2. The summed E-state index contributed by atoms with van der Waals surface area (Å²) in [4.78, 5) is 11.3. The first-order valence-electron chi connectivity index (χ1n) is 7.39. The third-order valence-electron chi connectivity index (χ3n) is 4.76. The van der Waals surface area contributed by atoms with Crippen molar-refractivity contribution in [2.45, 2.75) is 0 Å². The molecule has 0 radical (unpaired) electrons. The van der Waals surface area contributed by atoms with Crippen molar-refractivity contribution in [1.29, 1.82) is 5.41 Å². The zero-order valence-electron chi connectivity index (χ0n) is 12.2. The Hall–Kier alpha value is -2.02. The summed E-state index contributed by atoms with van der Waals surface area (Å²) in [6.07, 6.45) is 0. The van der Waals surface area contributed by atoms with Crippen molar-refractivity contribution in [3.05, 3.63) is 29.6 Å². The smallest absolute Gasteiger partial charge is 0.186 e. The van der Waals surface area contributed by atoms with Crippen LogP contribution in [0.3, 0.4) is 0 Å². The van der Waals surface area contributed by atoms with E-state index in [1.807, 2.05) is 4.90 Å².